The summed E-state index contributed by atoms with van der Waals surface area (Å²) in [6.07, 6.45) is -2.13. The normalized spacial score (nSPS) is 13.2. The fraction of sp³-hybridized carbons (Fsp3) is 0.267. The quantitative estimate of drug-likeness (QED) is 0.675. The zero-order valence-corrected chi connectivity index (χ0v) is 11.7. The summed E-state index contributed by atoms with van der Waals surface area (Å²) in [5, 5.41) is 0. The predicted molar refractivity (Wildman–Crippen MR) is 74.3 cm³/mol. The van der Waals surface area contributed by atoms with Gasteiger partial charge >= 0.3 is 6.18 Å². The summed E-state index contributed by atoms with van der Waals surface area (Å²) in [5.74, 6) is 5.50. The van der Waals surface area contributed by atoms with Crippen LogP contribution >= 0.6 is 0 Å². The molecule has 0 aliphatic carbocycles. The van der Waals surface area contributed by atoms with Crippen LogP contribution in [0.1, 0.15) is 33.9 Å². The number of halogens is 3. The third-order valence-electron chi connectivity index (χ3n) is 3.21. The molecule has 1 aromatic heterocycles. The number of aromatic nitrogens is 1. The highest BCUT2D eigenvalue weighted by Gasteiger charge is 2.35. The molecule has 0 amide bonds. The number of pyridine rings is 1. The van der Waals surface area contributed by atoms with Crippen molar-refractivity contribution in [2.24, 2.45) is 5.84 Å². The van der Waals surface area contributed by atoms with E-state index in [9.17, 15) is 13.2 Å². The number of nitrogens with two attached hydrogens (primary N) is 1. The maximum atomic E-state index is 13.1. The van der Waals surface area contributed by atoms with Crippen molar-refractivity contribution in [3.8, 4) is 0 Å². The molecule has 0 fully saturated rings. The number of hydrogen-bond donors (Lipinski definition) is 2. The summed E-state index contributed by atoms with van der Waals surface area (Å²) in [6, 6.07) is 5.76. The van der Waals surface area contributed by atoms with E-state index in [-0.39, 0.29) is 5.56 Å². The van der Waals surface area contributed by atoms with Gasteiger partial charge in [-0.3, -0.25) is 10.8 Å². The van der Waals surface area contributed by atoms with Gasteiger partial charge in [0.05, 0.1) is 11.6 Å². The van der Waals surface area contributed by atoms with E-state index in [1.165, 1.54) is 6.20 Å². The van der Waals surface area contributed by atoms with Crippen molar-refractivity contribution in [1.29, 1.82) is 0 Å². The zero-order chi connectivity index (χ0) is 15.6. The van der Waals surface area contributed by atoms with Gasteiger partial charge in [-0.25, -0.2) is 5.43 Å². The van der Waals surface area contributed by atoms with E-state index >= 15 is 0 Å². The molecular formula is C15H16F3N3. The summed E-state index contributed by atoms with van der Waals surface area (Å²) >= 11 is 0. The van der Waals surface area contributed by atoms with Gasteiger partial charge in [0.15, 0.2) is 0 Å². The lowest BCUT2D eigenvalue weighted by Crippen LogP contribution is -2.31. The van der Waals surface area contributed by atoms with Gasteiger partial charge < -0.3 is 0 Å². The molecule has 0 bridgehead atoms. The topological polar surface area (TPSA) is 50.9 Å². The monoisotopic (exact) mass is 295 g/mol. The van der Waals surface area contributed by atoms with Gasteiger partial charge in [-0.2, -0.15) is 13.2 Å². The van der Waals surface area contributed by atoms with Gasteiger partial charge in [-0.05, 0) is 25.5 Å². The Hall–Kier alpha value is -1.92. The largest absolute Gasteiger partial charge is 0.416 e. The number of hydrogen-bond acceptors (Lipinski definition) is 3. The molecule has 0 saturated heterocycles. The first kappa shape index (κ1) is 15.5. The maximum absolute atomic E-state index is 13.1. The van der Waals surface area contributed by atoms with Crippen LogP contribution in [0.25, 0.3) is 0 Å². The Balaban J connectivity index is 2.57. The second kappa shape index (κ2) is 5.83. The average molecular weight is 295 g/mol. The summed E-state index contributed by atoms with van der Waals surface area (Å²) < 4.78 is 39.4. The number of aryl methyl sites for hydroxylation is 2. The first-order valence-electron chi connectivity index (χ1n) is 6.38. The average Bonchev–Trinajstić information content (AvgIpc) is 2.38. The molecule has 21 heavy (non-hydrogen) atoms. The SMILES string of the molecule is Cc1cc(C)cc(C(NN)c2cnccc2C(F)(F)F)c1. The number of rotatable bonds is 3. The van der Waals surface area contributed by atoms with Crippen LogP contribution in [-0.2, 0) is 6.18 Å². The van der Waals surface area contributed by atoms with Crippen molar-refractivity contribution in [1.82, 2.24) is 10.4 Å². The van der Waals surface area contributed by atoms with Crippen LogP contribution in [0.4, 0.5) is 13.2 Å². The fourth-order valence-corrected chi connectivity index (χ4v) is 2.44. The van der Waals surface area contributed by atoms with E-state index in [2.05, 4.69) is 10.4 Å². The van der Waals surface area contributed by atoms with Gasteiger partial charge in [-0.1, -0.05) is 29.3 Å². The lowest BCUT2D eigenvalue weighted by molar-refractivity contribution is -0.138. The van der Waals surface area contributed by atoms with Crippen LogP contribution in [0, 0.1) is 13.8 Å². The predicted octanol–water partition coefficient (Wildman–Crippen LogP) is 3.27. The Morgan fingerprint density at radius 1 is 1.14 bits per heavy atom. The molecule has 112 valence electrons. The standard InChI is InChI=1S/C15H16F3N3/c1-9-5-10(2)7-11(6-9)14(21-19)12-8-20-4-3-13(12)15(16,17)18/h3-8,14,21H,19H2,1-2H3. The molecule has 3 N–H and O–H groups in total. The van der Waals surface area contributed by atoms with E-state index in [1.807, 2.05) is 32.0 Å². The van der Waals surface area contributed by atoms with Crippen LogP contribution in [0.15, 0.2) is 36.7 Å². The molecule has 2 rings (SSSR count). The smallest absolute Gasteiger partial charge is 0.271 e. The first-order valence-corrected chi connectivity index (χ1v) is 6.38. The Labute approximate surface area is 121 Å². The molecule has 6 heteroatoms. The molecule has 0 aliphatic heterocycles. The van der Waals surface area contributed by atoms with Crippen molar-refractivity contribution < 1.29 is 13.2 Å². The minimum atomic E-state index is -4.45. The summed E-state index contributed by atoms with van der Waals surface area (Å²) in [4.78, 5) is 3.80. The van der Waals surface area contributed by atoms with E-state index in [1.54, 1.807) is 0 Å². The van der Waals surface area contributed by atoms with E-state index in [4.69, 9.17) is 5.84 Å². The van der Waals surface area contributed by atoms with Gasteiger partial charge in [0.2, 0.25) is 0 Å². The van der Waals surface area contributed by atoms with Crippen LogP contribution in [0.3, 0.4) is 0 Å². The third kappa shape index (κ3) is 3.40. The van der Waals surface area contributed by atoms with Crippen LogP contribution < -0.4 is 11.3 Å². The molecule has 3 nitrogen and oxygen atoms in total. The Morgan fingerprint density at radius 3 is 2.29 bits per heavy atom. The van der Waals surface area contributed by atoms with E-state index in [0.29, 0.717) is 5.56 Å². The molecule has 0 aliphatic rings. The number of nitrogens with zero attached hydrogens (tertiary/aromatic N) is 1. The van der Waals surface area contributed by atoms with Crippen molar-refractivity contribution >= 4 is 0 Å². The Bertz CT molecular complexity index is 618. The molecule has 0 radical (unpaired) electrons. The molecule has 1 heterocycles. The first-order chi connectivity index (χ1) is 9.82. The minimum absolute atomic E-state index is 0.0116. The second-order valence-corrected chi connectivity index (χ2v) is 4.98. The van der Waals surface area contributed by atoms with Crippen molar-refractivity contribution in [3.63, 3.8) is 0 Å². The van der Waals surface area contributed by atoms with Crippen molar-refractivity contribution in [2.75, 3.05) is 0 Å². The lowest BCUT2D eigenvalue weighted by Gasteiger charge is -2.21. The van der Waals surface area contributed by atoms with Crippen molar-refractivity contribution in [2.45, 2.75) is 26.1 Å². The molecule has 0 saturated carbocycles. The summed E-state index contributed by atoms with van der Waals surface area (Å²) in [7, 11) is 0. The molecule has 0 spiro atoms. The third-order valence-corrected chi connectivity index (χ3v) is 3.21. The van der Waals surface area contributed by atoms with Crippen LogP contribution in [0.2, 0.25) is 0 Å². The summed E-state index contributed by atoms with van der Waals surface area (Å²) in [6.45, 7) is 3.77. The van der Waals surface area contributed by atoms with Crippen molar-refractivity contribution in [3.05, 3.63) is 64.5 Å². The van der Waals surface area contributed by atoms with Gasteiger partial charge in [0.1, 0.15) is 0 Å². The van der Waals surface area contributed by atoms with Gasteiger partial charge in [-0.15, -0.1) is 0 Å². The number of alkyl halides is 3. The number of benzene rings is 1. The highest BCUT2D eigenvalue weighted by molar-refractivity contribution is 5.40. The summed E-state index contributed by atoms with van der Waals surface area (Å²) in [5.41, 5.74) is 4.33. The minimum Gasteiger partial charge on any atom is -0.271 e. The van der Waals surface area contributed by atoms with Gasteiger partial charge in [0.25, 0.3) is 0 Å². The highest BCUT2D eigenvalue weighted by atomic mass is 19.4. The molecule has 1 atom stereocenters. The van der Waals surface area contributed by atoms with Crippen LogP contribution in [-0.4, -0.2) is 4.98 Å². The second-order valence-electron chi connectivity index (χ2n) is 4.98. The molecule has 1 unspecified atom stereocenters. The maximum Gasteiger partial charge on any atom is 0.416 e. The van der Waals surface area contributed by atoms with E-state index in [0.717, 1.165) is 23.4 Å². The number of hydrazine groups is 1. The van der Waals surface area contributed by atoms with Crippen LogP contribution in [0.5, 0.6) is 0 Å². The van der Waals surface area contributed by atoms with Gasteiger partial charge in [0, 0.05) is 18.0 Å². The number of nitrogens with one attached hydrogen (secondary N) is 1. The lowest BCUT2D eigenvalue weighted by atomic mass is 9.94. The molecule has 2 aromatic rings. The Morgan fingerprint density at radius 2 is 1.76 bits per heavy atom. The fourth-order valence-electron chi connectivity index (χ4n) is 2.44. The zero-order valence-electron chi connectivity index (χ0n) is 11.7. The van der Waals surface area contributed by atoms with E-state index < -0.39 is 17.8 Å². The molecule has 1 aromatic carbocycles. The highest BCUT2D eigenvalue weighted by Crippen LogP contribution is 2.36. The Kier molecular flexibility index (Phi) is 4.29. The molecular weight excluding hydrogens is 279 g/mol.